The quantitative estimate of drug-likeness (QED) is 0.310. The Kier molecular flexibility index (Phi) is 8.09. The molecule has 1 aliphatic rings. The van der Waals surface area contributed by atoms with Gasteiger partial charge in [0, 0.05) is 63.8 Å². The van der Waals surface area contributed by atoms with Crippen molar-refractivity contribution in [1.82, 2.24) is 19.5 Å². The van der Waals surface area contributed by atoms with Gasteiger partial charge >= 0.3 is 0 Å². The molecule has 4 aromatic rings. The largest absolute Gasteiger partial charge is 0.495 e. The Bertz CT molecular complexity index is 1930. The molecule has 0 radical (unpaired) electrons. The van der Waals surface area contributed by atoms with Gasteiger partial charge in [-0.2, -0.15) is 9.61 Å². The molecule has 3 heterocycles. The fraction of sp³-hybridized carbons (Fsp3) is 0.345. The van der Waals surface area contributed by atoms with Crippen molar-refractivity contribution in [2.24, 2.45) is 0 Å². The maximum Gasteiger partial charge on any atom is 0.219 e. The van der Waals surface area contributed by atoms with E-state index in [9.17, 15) is 21.6 Å². The van der Waals surface area contributed by atoms with E-state index >= 15 is 0 Å². The molecule has 0 atom stereocenters. The van der Waals surface area contributed by atoms with Crippen molar-refractivity contribution in [3.63, 3.8) is 0 Å². The molecule has 1 N–H and O–H groups in total. The van der Waals surface area contributed by atoms with Crippen LogP contribution in [0.4, 0.5) is 11.6 Å². The summed E-state index contributed by atoms with van der Waals surface area (Å²) in [5.74, 6) is 1.55. The maximum absolute atomic E-state index is 12.6. The van der Waals surface area contributed by atoms with E-state index in [2.05, 4.69) is 10.2 Å². The Morgan fingerprint density at radius 2 is 1.70 bits per heavy atom. The van der Waals surface area contributed by atoms with Crippen LogP contribution >= 0.6 is 0 Å². The molecule has 1 saturated heterocycles. The lowest BCUT2D eigenvalue weighted by Crippen LogP contribution is -2.48. The summed E-state index contributed by atoms with van der Waals surface area (Å²) in [5, 5.41) is 8.15. The van der Waals surface area contributed by atoms with E-state index in [1.54, 1.807) is 52.7 Å². The first kappa shape index (κ1) is 30.3. The van der Waals surface area contributed by atoms with Gasteiger partial charge in [-0.1, -0.05) is 18.2 Å². The Balaban J connectivity index is 1.62. The zero-order valence-electron chi connectivity index (χ0n) is 24.7. The third kappa shape index (κ3) is 6.30. The first-order valence-corrected chi connectivity index (χ1v) is 17.4. The maximum atomic E-state index is 12.6. The van der Waals surface area contributed by atoms with Crippen molar-refractivity contribution >= 4 is 42.9 Å². The highest BCUT2D eigenvalue weighted by molar-refractivity contribution is 7.91. The standard InChI is InChI=1S/C29H34N6O6S2/c1-19-28(22-9-10-24(41-3)25(16-22)43(5,39)40)29-31-27(34-13-11-33(12-14-34)20(2)36)17-26(35(29)32-19)30-18-21-7-6-8-23(15-21)42(4,37)38/h6-10,15-17,30H,11-14,18H2,1-5H3. The predicted octanol–water partition coefficient (Wildman–Crippen LogP) is 2.80. The Hall–Kier alpha value is -4.17. The highest BCUT2D eigenvalue weighted by Gasteiger charge is 2.24. The normalized spacial score (nSPS) is 14.3. The van der Waals surface area contributed by atoms with Crippen LogP contribution in [0.1, 0.15) is 18.2 Å². The summed E-state index contributed by atoms with van der Waals surface area (Å²) < 4.78 is 56.3. The van der Waals surface area contributed by atoms with Gasteiger partial charge < -0.3 is 19.9 Å². The summed E-state index contributed by atoms with van der Waals surface area (Å²) in [5.41, 5.74) is 3.20. The number of aryl methyl sites for hydroxylation is 1. The number of hydrogen-bond donors (Lipinski definition) is 1. The van der Waals surface area contributed by atoms with Gasteiger partial charge in [0.1, 0.15) is 22.3 Å². The minimum Gasteiger partial charge on any atom is -0.495 e. The predicted molar refractivity (Wildman–Crippen MR) is 164 cm³/mol. The number of fused-ring (bicyclic) bond motifs is 1. The third-order valence-corrected chi connectivity index (χ3v) is 9.68. The van der Waals surface area contributed by atoms with Gasteiger partial charge in [0.2, 0.25) is 5.91 Å². The second kappa shape index (κ2) is 11.5. The zero-order valence-corrected chi connectivity index (χ0v) is 26.3. The number of anilines is 2. The molecule has 0 bridgehead atoms. The van der Waals surface area contributed by atoms with E-state index in [1.807, 2.05) is 19.1 Å². The molecule has 1 amide bonds. The SMILES string of the molecule is COc1ccc(-c2c(C)nn3c(NCc4cccc(S(C)(=O)=O)c4)cc(N4CCN(C(C)=O)CC4)nc23)cc1S(C)(=O)=O. The highest BCUT2D eigenvalue weighted by atomic mass is 32.2. The summed E-state index contributed by atoms with van der Waals surface area (Å²) in [6, 6.07) is 13.6. The van der Waals surface area contributed by atoms with Crippen molar-refractivity contribution in [1.29, 1.82) is 0 Å². The molecular weight excluding hydrogens is 592 g/mol. The molecule has 1 aliphatic heterocycles. The van der Waals surface area contributed by atoms with Crippen LogP contribution in [0.2, 0.25) is 0 Å². The number of rotatable bonds is 8. The van der Waals surface area contributed by atoms with Crippen molar-refractivity contribution in [2.45, 2.75) is 30.2 Å². The van der Waals surface area contributed by atoms with Gasteiger partial charge in [0.15, 0.2) is 25.3 Å². The molecule has 2 aromatic carbocycles. The van der Waals surface area contributed by atoms with E-state index < -0.39 is 19.7 Å². The number of piperazine rings is 1. The number of carbonyl (C=O) groups is 1. The number of nitrogens with one attached hydrogen (secondary N) is 1. The van der Waals surface area contributed by atoms with Crippen molar-refractivity contribution in [3.05, 3.63) is 59.8 Å². The van der Waals surface area contributed by atoms with Crippen molar-refractivity contribution < 1.29 is 26.4 Å². The Morgan fingerprint density at radius 3 is 2.33 bits per heavy atom. The lowest BCUT2D eigenvalue weighted by Gasteiger charge is -2.35. The summed E-state index contributed by atoms with van der Waals surface area (Å²) in [7, 11) is -5.54. The van der Waals surface area contributed by atoms with Crippen molar-refractivity contribution in [3.8, 4) is 16.9 Å². The number of benzene rings is 2. The molecule has 1 fully saturated rings. The summed E-state index contributed by atoms with van der Waals surface area (Å²) in [6.07, 6.45) is 2.31. The summed E-state index contributed by atoms with van der Waals surface area (Å²) in [6.45, 7) is 5.99. The lowest BCUT2D eigenvalue weighted by atomic mass is 10.1. The Labute approximate surface area is 251 Å². The summed E-state index contributed by atoms with van der Waals surface area (Å²) >= 11 is 0. The number of ether oxygens (including phenoxy) is 1. The third-order valence-electron chi connectivity index (χ3n) is 7.45. The molecule has 2 aromatic heterocycles. The van der Waals surface area contributed by atoms with Crippen LogP contribution in [0.5, 0.6) is 5.75 Å². The minimum atomic E-state index is -3.59. The molecule has 14 heteroatoms. The molecule has 228 valence electrons. The van der Waals surface area contributed by atoms with Crippen LogP contribution < -0.4 is 15.0 Å². The number of hydrogen-bond acceptors (Lipinski definition) is 10. The number of amides is 1. The molecular formula is C29H34N6O6S2. The van der Waals surface area contributed by atoms with Gasteiger partial charge in [0.25, 0.3) is 0 Å². The number of nitrogens with zero attached hydrogens (tertiary/aromatic N) is 5. The second-order valence-electron chi connectivity index (χ2n) is 10.6. The van der Waals surface area contributed by atoms with Gasteiger partial charge in [-0.05, 0) is 42.3 Å². The molecule has 5 rings (SSSR count). The van der Waals surface area contributed by atoms with E-state index in [4.69, 9.17) is 14.8 Å². The average Bonchev–Trinajstić information content (AvgIpc) is 3.30. The molecule has 12 nitrogen and oxygen atoms in total. The fourth-order valence-corrected chi connectivity index (χ4v) is 6.74. The number of methoxy groups -OCH3 is 1. The zero-order chi connectivity index (χ0) is 31.1. The second-order valence-corrected chi connectivity index (χ2v) is 14.6. The first-order chi connectivity index (χ1) is 20.3. The summed E-state index contributed by atoms with van der Waals surface area (Å²) in [4.78, 5) is 21.1. The monoisotopic (exact) mass is 626 g/mol. The van der Waals surface area contributed by atoms with Crippen molar-refractivity contribution in [2.75, 3.05) is 56.0 Å². The van der Waals surface area contributed by atoms with E-state index in [-0.39, 0.29) is 21.4 Å². The van der Waals surface area contributed by atoms with E-state index in [1.165, 1.54) is 13.4 Å². The number of sulfone groups is 2. The van der Waals surface area contributed by atoms with E-state index in [0.717, 1.165) is 11.8 Å². The smallest absolute Gasteiger partial charge is 0.219 e. The van der Waals surface area contributed by atoms with Crippen LogP contribution in [-0.2, 0) is 31.0 Å². The van der Waals surface area contributed by atoms with Gasteiger partial charge in [-0.25, -0.2) is 21.8 Å². The molecule has 43 heavy (non-hydrogen) atoms. The van der Waals surface area contributed by atoms with Crippen LogP contribution in [-0.4, -0.2) is 88.0 Å². The van der Waals surface area contributed by atoms with Crippen LogP contribution in [0.25, 0.3) is 16.8 Å². The molecule has 0 spiro atoms. The molecule has 0 unspecified atom stereocenters. The fourth-order valence-electron chi connectivity index (χ4n) is 5.19. The number of carbonyl (C=O) groups excluding carboxylic acids is 1. The lowest BCUT2D eigenvalue weighted by molar-refractivity contribution is -0.129. The minimum absolute atomic E-state index is 0.0247. The number of aromatic nitrogens is 3. The molecule has 0 aliphatic carbocycles. The van der Waals surface area contributed by atoms with Crippen LogP contribution in [0.15, 0.2) is 58.3 Å². The van der Waals surface area contributed by atoms with Gasteiger partial charge in [-0.3, -0.25) is 4.79 Å². The van der Waals surface area contributed by atoms with Crippen LogP contribution in [0, 0.1) is 6.92 Å². The highest BCUT2D eigenvalue weighted by Crippen LogP contribution is 2.35. The Morgan fingerprint density at radius 1 is 0.977 bits per heavy atom. The molecule has 0 saturated carbocycles. The van der Waals surface area contributed by atoms with E-state index in [0.29, 0.717) is 66.8 Å². The van der Waals surface area contributed by atoms with Gasteiger partial charge in [-0.15, -0.1) is 0 Å². The van der Waals surface area contributed by atoms with Crippen LogP contribution in [0.3, 0.4) is 0 Å². The average molecular weight is 627 g/mol. The topological polar surface area (TPSA) is 143 Å². The first-order valence-electron chi connectivity index (χ1n) is 13.6. The van der Waals surface area contributed by atoms with Gasteiger partial charge in [0.05, 0.1) is 17.7 Å².